The molecule has 204 valence electrons. The summed E-state index contributed by atoms with van der Waals surface area (Å²) >= 11 is 3.36. The Morgan fingerprint density at radius 3 is 0.886 bits per heavy atom. The minimum Gasteiger partial charge on any atom is -0.223 e. The van der Waals surface area contributed by atoms with Gasteiger partial charge in [-0.25, -0.2) is 9.97 Å². The van der Waals surface area contributed by atoms with Gasteiger partial charge in [-0.05, 0) is 76.8 Å². The number of thiazole rings is 2. The summed E-state index contributed by atoms with van der Waals surface area (Å²) in [5.41, 5.74) is 2.28. The number of fused-ring (bicyclic) bond motifs is 13. The second-order valence-electron chi connectivity index (χ2n) is 11.4. The molecule has 0 amide bonds. The predicted molar refractivity (Wildman–Crippen MR) is 191 cm³/mol. The van der Waals surface area contributed by atoms with E-state index in [2.05, 4.69) is 133 Å². The minimum atomic E-state index is 0.993. The van der Waals surface area contributed by atoms with E-state index in [0.29, 0.717) is 0 Å². The van der Waals surface area contributed by atoms with E-state index in [9.17, 15) is 0 Å². The molecule has 0 radical (unpaired) electrons. The third kappa shape index (κ3) is 3.47. The Morgan fingerprint density at radius 1 is 0.295 bits per heavy atom. The summed E-state index contributed by atoms with van der Waals surface area (Å²) in [6, 6.07) is 48.4. The molecule has 2 heterocycles. The fourth-order valence-corrected chi connectivity index (χ4v) is 9.01. The maximum atomic E-state index is 5.11. The second kappa shape index (κ2) is 9.17. The van der Waals surface area contributed by atoms with Crippen molar-refractivity contribution in [2.45, 2.75) is 0 Å². The van der Waals surface area contributed by atoms with Crippen LogP contribution in [-0.2, 0) is 0 Å². The van der Waals surface area contributed by atoms with E-state index in [0.717, 1.165) is 30.8 Å². The number of rotatable bonds is 2. The van der Waals surface area contributed by atoms with Crippen molar-refractivity contribution in [3.8, 4) is 21.1 Å². The molecule has 44 heavy (non-hydrogen) atoms. The summed E-state index contributed by atoms with van der Waals surface area (Å²) in [5, 5.41) is 17.4. The number of benzene rings is 8. The van der Waals surface area contributed by atoms with Gasteiger partial charge in [-0.2, -0.15) is 0 Å². The van der Waals surface area contributed by atoms with Crippen molar-refractivity contribution in [2.24, 2.45) is 0 Å². The molecule has 2 nitrogen and oxygen atoms in total. The molecule has 0 saturated carbocycles. The van der Waals surface area contributed by atoms with Gasteiger partial charge in [-0.3, -0.25) is 0 Å². The van der Waals surface area contributed by atoms with E-state index >= 15 is 0 Å². The molecule has 2 aromatic heterocycles. The molecule has 4 heteroatoms. The largest absolute Gasteiger partial charge is 0.223 e. The van der Waals surface area contributed by atoms with Crippen LogP contribution in [0.4, 0.5) is 0 Å². The van der Waals surface area contributed by atoms with Crippen molar-refractivity contribution in [3.63, 3.8) is 0 Å². The van der Waals surface area contributed by atoms with E-state index in [1.54, 1.807) is 22.7 Å². The molecule has 0 atom stereocenters. The van der Waals surface area contributed by atoms with Gasteiger partial charge in [0.2, 0.25) is 0 Å². The maximum absolute atomic E-state index is 5.11. The Kier molecular flexibility index (Phi) is 5.06. The lowest BCUT2D eigenvalue weighted by molar-refractivity contribution is 1.49. The Balaban J connectivity index is 1.10. The van der Waals surface area contributed by atoms with Gasteiger partial charge >= 0.3 is 0 Å². The van der Waals surface area contributed by atoms with Gasteiger partial charge in [0.1, 0.15) is 10.0 Å². The normalized spacial score (nSPS) is 12.1. The van der Waals surface area contributed by atoms with Gasteiger partial charge < -0.3 is 0 Å². The van der Waals surface area contributed by atoms with E-state index in [-0.39, 0.29) is 0 Å². The SMILES string of the molecule is c1ccc2c(c1)c1ccccc1c1cc(-c3nc4sc(-c5ccc6c7ccccc7c7ccccc7c6c5)nc4s3)ccc21. The number of nitrogens with zero attached hydrogens (tertiary/aromatic N) is 2. The number of hydrogen-bond acceptors (Lipinski definition) is 4. The van der Waals surface area contributed by atoms with Crippen molar-refractivity contribution in [1.82, 2.24) is 9.97 Å². The van der Waals surface area contributed by atoms with E-state index in [1.165, 1.54) is 64.6 Å². The van der Waals surface area contributed by atoms with Crippen LogP contribution in [0, 0.1) is 0 Å². The van der Waals surface area contributed by atoms with Crippen LogP contribution < -0.4 is 0 Å². The number of aromatic nitrogens is 2. The predicted octanol–water partition coefficient (Wildman–Crippen LogP) is 12.0. The first-order valence-electron chi connectivity index (χ1n) is 14.7. The van der Waals surface area contributed by atoms with E-state index in [4.69, 9.17) is 9.97 Å². The molecule has 0 N–H and O–H groups in total. The summed E-state index contributed by atoms with van der Waals surface area (Å²) in [7, 11) is 0. The van der Waals surface area contributed by atoms with Crippen LogP contribution in [0.5, 0.6) is 0 Å². The quantitative estimate of drug-likeness (QED) is 0.186. The van der Waals surface area contributed by atoms with Crippen LogP contribution in [0.3, 0.4) is 0 Å². The minimum absolute atomic E-state index is 0.993. The summed E-state index contributed by atoms with van der Waals surface area (Å²) in [6.07, 6.45) is 0. The molecule has 0 aliphatic heterocycles. The first-order chi connectivity index (χ1) is 21.8. The van der Waals surface area contributed by atoms with Gasteiger partial charge in [0.25, 0.3) is 0 Å². The molecule has 10 aromatic rings. The average molecular weight is 595 g/mol. The monoisotopic (exact) mass is 594 g/mol. The molecule has 0 aliphatic rings. The highest BCUT2D eigenvalue weighted by Gasteiger charge is 2.16. The summed E-state index contributed by atoms with van der Waals surface area (Å²) in [6.45, 7) is 0. The topological polar surface area (TPSA) is 25.8 Å². The fraction of sp³-hybridized carbons (Fsp3) is 0. The molecule has 0 saturated heterocycles. The van der Waals surface area contributed by atoms with Crippen molar-refractivity contribution in [3.05, 3.63) is 133 Å². The zero-order valence-electron chi connectivity index (χ0n) is 23.4. The van der Waals surface area contributed by atoms with Gasteiger partial charge in [0.05, 0.1) is 0 Å². The van der Waals surface area contributed by atoms with Crippen molar-refractivity contribution < 1.29 is 0 Å². The maximum Gasteiger partial charge on any atom is 0.155 e. The van der Waals surface area contributed by atoms with Gasteiger partial charge in [0, 0.05) is 11.1 Å². The van der Waals surface area contributed by atoms with Crippen LogP contribution in [0.15, 0.2) is 133 Å². The zero-order chi connectivity index (χ0) is 28.8. The third-order valence-corrected chi connectivity index (χ3v) is 11.1. The number of hydrogen-bond donors (Lipinski definition) is 0. The second-order valence-corrected chi connectivity index (χ2v) is 13.3. The van der Waals surface area contributed by atoms with Gasteiger partial charge in [0.15, 0.2) is 9.66 Å². The Morgan fingerprint density at radius 2 is 0.568 bits per heavy atom. The fourth-order valence-electron chi connectivity index (χ4n) is 6.97. The van der Waals surface area contributed by atoms with Crippen LogP contribution >= 0.6 is 22.7 Å². The smallest absolute Gasteiger partial charge is 0.155 e. The molecule has 0 bridgehead atoms. The van der Waals surface area contributed by atoms with E-state index < -0.39 is 0 Å². The van der Waals surface area contributed by atoms with Crippen LogP contribution in [-0.4, -0.2) is 9.97 Å². The first kappa shape index (κ1) is 24.3. The highest BCUT2D eigenvalue weighted by molar-refractivity contribution is 7.29. The molecule has 8 aromatic carbocycles. The summed E-state index contributed by atoms with van der Waals surface area (Å²) < 4.78 is 0. The van der Waals surface area contributed by atoms with Gasteiger partial charge in [-0.1, -0.05) is 144 Å². The highest BCUT2D eigenvalue weighted by Crippen LogP contribution is 2.42. The molecule has 0 fully saturated rings. The molecule has 0 unspecified atom stereocenters. The summed E-state index contributed by atoms with van der Waals surface area (Å²) in [5.74, 6) is 0. The zero-order valence-corrected chi connectivity index (χ0v) is 25.0. The van der Waals surface area contributed by atoms with E-state index in [1.807, 2.05) is 0 Å². The Hall–Kier alpha value is -5.16. The highest BCUT2D eigenvalue weighted by atomic mass is 32.1. The third-order valence-electron chi connectivity index (χ3n) is 8.96. The average Bonchev–Trinajstić information content (AvgIpc) is 3.68. The van der Waals surface area contributed by atoms with Crippen molar-refractivity contribution in [1.29, 1.82) is 0 Å². The Bertz CT molecular complexity index is 2500. The summed E-state index contributed by atoms with van der Waals surface area (Å²) in [4.78, 5) is 12.2. The standard InChI is InChI=1S/C40H22N2S2/c1-3-13-29-25(9-1)27-11-5-7-15-31(27)35-21-23(17-19-33(29)35)37-41-39-40(43-37)42-38(44-39)24-18-20-34-30-14-4-2-10-26(30)28-12-6-8-16-32(28)36(34)22-24/h1-22H. The molecular weight excluding hydrogens is 573 g/mol. The molecule has 0 spiro atoms. The van der Waals surface area contributed by atoms with Crippen LogP contribution in [0.1, 0.15) is 0 Å². The van der Waals surface area contributed by atoms with Crippen molar-refractivity contribution >= 4 is 97.0 Å². The lowest BCUT2D eigenvalue weighted by Crippen LogP contribution is -1.84. The van der Waals surface area contributed by atoms with Crippen LogP contribution in [0.25, 0.3) is 95.4 Å². The van der Waals surface area contributed by atoms with Crippen molar-refractivity contribution in [2.75, 3.05) is 0 Å². The molecular formula is C40H22N2S2. The lowest BCUT2D eigenvalue weighted by Gasteiger charge is -2.11. The van der Waals surface area contributed by atoms with Gasteiger partial charge in [-0.15, -0.1) is 0 Å². The lowest BCUT2D eigenvalue weighted by atomic mass is 9.93. The Labute approximate surface area is 260 Å². The molecule has 0 aliphatic carbocycles. The first-order valence-corrected chi connectivity index (χ1v) is 16.4. The van der Waals surface area contributed by atoms with Crippen LogP contribution in [0.2, 0.25) is 0 Å². The molecule has 10 rings (SSSR count).